The first-order valence-corrected chi connectivity index (χ1v) is 16.2. The molecule has 0 saturated heterocycles. The van der Waals surface area contributed by atoms with Crippen LogP contribution in [0.3, 0.4) is 0 Å². The molecule has 0 atom stereocenters. The summed E-state index contributed by atoms with van der Waals surface area (Å²) in [6.07, 6.45) is -0.975. The first-order valence-electron chi connectivity index (χ1n) is 14.5. The van der Waals surface area contributed by atoms with Crippen LogP contribution in [0.1, 0.15) is 67.2 Å². The molecule has 0 aliphatic carbocycles. The van der Waals surface area contributed by atoms with Gasteiger partial charge in [-0.15, -0.1) is 22.7 Å². The van der Waals surface area contributed by atoms with Crippen molar-refractivity contribution >= 4 is 40.8 Å². The van der Waals surface area contributed by atoms with E-state index >= 15 is 0 Å². The van der Waals surface area contributed by atoms with E-state index in [2.05, 4.69) is 16.7 Å². The lowest BCUT2D eigenvalue weighted by Crippen LogP contribution is -2.31. The standard InChI is InChI=1S/C34H38N2O8S2/c1-33(2,3)43-31(40)35-15-26-12-23(18-45-26)21-9-20(17-42-25-7-8-29(37)28(14-25)30(38)39)10-22(11-21)24-13-27(46-19-24)16-36-32(41)44-34(4,5)6/h7-14,18-19,37H,15-17H2,1-6H3,(H,35,40)(H,36,41)(H,38,39). The number of aromatic carboxylic acids is 1. The van der Waals surface area contributed by atoms with Gasteiger partial charge in [-0.3, -0.25) is 0 Å². The third kappa shape index (κ3) is 10.2. The maximum atomic E-state index is 12.1. The molecule has 0 fully saturated rings. The first-order chi connectivity index (χ1) is 21.5. The number of amides is 2. The molecule has 4 N–H and O–H groups in total. The minimum absolute atomic E-state index is 0.138. The maximum Gasteiger partial charge on any atom is 0.407 e. The largest absolute Gasteiger partial charge is 0.507 e. The van der Waals surface area contributed by atoms with Gasteiger partial charge in [0.2, 0.25) is 0 Å². The molecule has 4 aromatic rings. The summed E-state index contributed by atoms with van der Waals surface area (Å²) in [5.74, 6) is -1.29. The number of carbonyl (C=O) groups excluding carboxylic acids is 2. The van der Waals surface area contributed by atoms with Crippen LogP contribution in [-0.2, 0) is 29.2 Å². The number of hydrogen-bond donors (Lipinski definition) is 4. The van der Waals surface area contributed by atoms with Crippen molar-refractivity contribution in [2.24, 2.45) is 0 Å². The van der Waals surface area contributed by atoms with E-state index in [9.17, 15) is 24.6 Å². The normalized spacial score (nSPS) is 11.5. The van der Waals surface area contributed by atoms with E-state index in [0.29, 0.717) is 18.8 Å². The number of hydrogen-bond acceptors (Lipinski definition) is 9. The van der Waals surface area contributed by atoms with Crippen molar-refractivity contribution in [2.45, 2.75) is 72.4 Å². The summed E-state index contributed by atoms with van der Waals surface area (Å²) in [7, 11) is 0. The molecule has 0 unspecified atom stereocenters. The average Bonchev–Trinajstić information content (AvgIpc) is 3.63. The topological polar surface area (TPSA) is 143 Å². The number of nitrogens with one attached hydrogen (secondary N) is 2. The number of rotatable bonds is 10. The zero-order valence-corrected chi connectivity index (χ0v) is 28.2. The minimum Gasteiger partial charge on any atom is -0.507 e. The number of carboxylic acid groups (broad SMARTS) is 1. The molecule has 0 saturated carbocycles. The molecule has 2 aromatic carbocycles. The third-order valence-electron chi connectivity index (χ3n) is 6.18. The Morgan fingerprint density at radius 2 is 1.22 bits per heavy atom. The lowest BCUT2D eigenvalue weighted by Gasteiger charge is -2.19. The molecule has 0 radical (unpaired) electrons. The lowest BCUT2D eigenvalue weighted by molar-refractivity contribution is 0.0512. The Balaban J connectivity index is 1.57. The van der Waals surface area contributed by atoms with Gasteiger partial charge in [-0.1, -0.05) is 0 Å². The van der Waals surface area contributed by atoms with E-state index in [4.69, 9.17) is 14.2 Å². The summed E-state index contributed by atoms with van der Waals surface area (Å²) in [5, 5.41) is 28.8. The second-order valence-corrected chi connectivity index (χ2v) is 14.5. The first kappa shape index (κ1) is 34.3. The Morgan fingerprint density at radius 1 is 0.717 bits per heavy atom. The van der Waals surface area contributed by atoms with Crippen LogP contribution in [0.4, 0.5) is 9.59 Å². The molecule has 0 aliphatic heterocycles. The number of phenols is 1. The molecule has 4 rings (SSSR count). The number of benzene rings is 2. The van der Waals surface area contributed by atoms with Gasteiger partial charge in [0.25, 0.3) is 0 Å². The van der Waals surface area contributed by atoms with Gasteiger partial charge < -0.3 is 35.1 Å². The van der Waals surface area contributed by atoms with Crippen LogP contribution in [-0.4, -0.2) is 39.6 Å². The van der Waals surface area contributed by atoms with Gasteiger partial charge >= 0.3 is 18.2 Å². The Kier molecular flexibility index (Phi) is 10.6. The van der Waals surface area contributed by atoms with Crippen molar-refractivity contribution in [3.05, 3.63) is 80.2 Å². The number of alkyl carbamates (subject to hydrolysis) is 2. The monoisotopic (exact) mass is 666 g/mol. The van der Waals surface area contributed by atoms with Crippen molar-refractivity contribution in [2.75, 3.05) is 0 Å². The minimum atomic E-state index is -1.25. The van der Waals surface area contributed by atoms with E-state index in [1.807, 2.05) is 76.6 Å². The fourth-order valence-corrected chi connectivity index (χ4v) is 5.91. The zero-order valence-electron chi connectivity index (χ0n) is 26.6. The number of carbonyl (C=O) groups is 3. The molecular formula is C34H38N2O8S2. The Morgan fingerprint density at radius 3 is 1.67 bits per heavy atom. The van der Waals surface area contributed by atoms with Crippen molar-refractivity contribution in [1.29, 1.82) is 0 Å². The fraction of sp³-hybridized carbons (Fsp3) is 0.324. The van der Waals surface area contributed by atoms with Crippen molar-refractivity contribution in [3.63, 3.8) is 0 Å². The van der Waals surface area contributed by atoms with Gasteiger partial charge in [-0.2, -0.15) is 0 Å². The average molecular weight is 667 g/mol. The summed E-state index contributed by atoms with van der Waals surface area (Å²) >= 11 is 3.03. The molecule has 10 nitrogen and oxygen atoms in total. The summed E-state index contributed by atoms with van der Waals surface area (Å²) in [6, 6.07) is 14.2. The number of thiophene rings is 2. The van der Waals surface area contributed by atoms with Crippen molar-refractivity contribution in [3.8, 4) is 33.8 Å². The fourth-order valence-electron chi connectivity index (χ4n) is 4.25. The third-order valence-corrected chi connectivity index (χ3v) is 8.06. The van der Waals surface area contributed by atoms with Crippen LogP contribution in [0.2, 0.25) is 0 Å². The van der Waals surface area contributed by atoms with E-state index in [0.717, 1.165) is 37.6 Å². The van der Waals surface area contributed by atoms with Gasteiger partial charge in [0.05, 0.1) is 13.1 Å². The lowest BCUT2D eigenvalue weighted by atomic mass is 9.98. The SMILES string of the molecule is CC(C)(C)OC(=O)NCc1cc(-c2cc(COc3ccc(O)c(C(=O)O)c3)cc(-c3csc(CNC(=O)OC(C)(C)C)c3)c2)cs1. The molecule has 0 spiro atoms. The van der Waals surface area contributed by atoms with E-state index in [1.54, 1.807) is 0 Å². The van der Waals surface area contributed by atoms with Crippen molar-refractivity contribution < 1.29 is 38.8 Å². The number of carboxylic acids is 1. The molecule has 2 heterocycles. The highest BCUT2D eigenvalue weighted by Gasteiger charge is 2.18. The van der Waals surface area contributed by atoms with E-state index < -0.39 is 29.4 Å². The van der Waals surface area contributed by atoms with Crippen LogP contribution in [0.15, 0.2) is 59.3 Å². The highest BCUT2D eigenvalue weighted by Crippen LogP contribution is 2.34. The number of ether oxygens (including phenoxy) is 3. The van der Waals surface area contributed by atoms with Gasteiger partial charge in [0, 0.05) is 9.75 Å². The molecular weight excluding hydrogens is 629 g/mol. The van der Waals surface area contributed by atoms with Crippen LogP contribution in [0, 0.1) is 0 Å². The predicted molar refractivity (Wildman–Crippen MR) is 179 cm³/mol. The van der Waals surface area contributed by atoms with E-state index in [1.165, 1.54) is 40.9 Å². The molecule has 0 aliphatic rings. The molecule has 2 aromatic heterocycles. The Bertz CT molecular complexity index is 1620. The Hall–Kier alpha value is -4.55. The summed E-state index contributed by atoms with van der Waals surface area (Å²) in [6.45, 7) is 11.6. The second kappa shape index (κ2) is 14.3. The van der Waals surface area contributed by atoms with Gasteiger partial charge in [0.1, 0.15) is 34.9 Å². The van der Waals surface area contributed by atoms with Gasteiger partial charge in [-0.05, 0) is 129 Å². The highest BCUT2D eigenvalue weighted by atomic mass is 32.1. The van der Waals surface area contributed by atoms with Crippen LogP contribution in [0.25, 0.3) is 22.3 Å². The second-order valence-electron chi connectivity index (χ2n) is 12.5. The summed E-state index contributed by atoms with van der Waals surface area (Å²) < 4.78 is 16.6. The smallest absolute Gasteiger partial charge is 0.407 e. The quantitative estimate of drug-likeness (QED) is 0.133. The Labute approximate surface area is 276 Å². The van der Waals surface area contributed by atoms with Crippen LogP contribution in [0.5, 0.6) is 11.5 Å². The molecule has 2 amide bonds. The molecule has 12 heteroatoms. The maximum absolute atomic E-state index is 12.1. The molecule has 0 bridgehead atoms. The molecule has 244 valence electrons. The van der Waals surface area contributed by atoms with E-state index in [-0.39, 0.29) is 17.9 Å². The predicted octanol–water partition coefficient (Wildman–Crippen LogP) is 8.18. The van der Waals surface area contributed by atoms with Crippen molar-refractivity contribution in [1.82, 2.24) is 10.6 Å². The van der Waals surface area contributed by atoms with Crippen LogP contribution < -0.4 is 15.4 Å². The number of aromatic hydroxyl groups is 1. The summed E-state index contributed by atoms with van der Waals surface area (Å²) in [4.78, 5) is 37.7. The van der Waals surface area contributed by atoms with Gasteiger partial charge in [0.15, 0.2) is 0 Å². The summed E-state index contributed by atoms with van der Waals surface area (Å²) in [5.41, 5.74) is 3.15. The van der Waals surface area contributed by atoms with Gasteiger partial charge in [-0.25, -0.2) is 14.4 Å². The molecule has 46 heavy (non-hydrogen) atoms. The highest BCUT2D eigenvalue weighted by molar-refractivity contribution is 7.10. The zero-order chi connectivity index (χ0) is 33.6. The van der Waals surface area contributed by atoms with Crippen LogP contribution >= 0.6 is 22.7 Å².